The van der Waals surface area contributed by atoms with Gasteiger partial charge in [0.2, 0.25) is 0 Å². The first-order valence-corrected chi connectivity index (χ1v) is 7.32. The quantitative estimate of drug-likeness (QED) is 0.859. The van der Waals surface area contributed by atoms with Crippen LogP contribution in [-0.2, 0) is 13.5 Å². The number of nitrogens with zero attached hydrogens (tertiary/aromatic N) is 2. The monoisotopic (exact) mass is 267 g/mol. The van der Waals surface area contributed by atoms with Crippen molar-refractivity contribution in [3.8, 4) is 0 Å². The van der Waals surface area contributed by atoms with Crippen LogP contribution in [0.3, 0.4) is 0 Å². The Balaban J connectivity index is 1.98. The van der Waals surface area contributed by atoms with E-state index in [9.17, 15) is 4.39 Å². The standard InChI is InChI=1S/C15H26FN3/c1-10(2)14(16)15-13(9-18-19(15)4)7-11-5-12(6-11)8-17-3/h9-12,14,17H,5-8H2,1-4H3. The van der Waals surface area contributed by atoms with Crippen LogP contribution in [0.1, 0.15) is 44.1 Å². The fourth-order valence-electron chi connectivity index (χ4n) is 3.13. The zero-order valence-corrected chi connectivity index (χ0v) is 12.5. The average Bonchev–Trinajstić information content (AvgIpc) is 2.67. The normalized spacial score (nSPS) is 24.5. The van der Waals surface area contributed by atoms with Gasteiger partial charge in [0.25, 0.3) is 0 Å². The first kappa shape index (κ1) is 14.5. The van der Waals surface area contributed by atoms with Gasteiger partial charge in [-0.2, -0.15) is 5.10 Å². The van der Waals surface area contributed by atoms with E-state index in [2.05, 4.69) is 10.4 Å². The summed E-state index contributed by atoms with van der Waals surface area (Å²) in [5.41, 5.74) is 1.89. The lowest BCUT2D eigenvalue weighted by Gasteiger charge is -2.35. The third-order valence-corrected chi connectivity index (χ3v) is 4.25. The van der Waals surface area contributed by atoms with E-state index in [1.165, 1.54) is 12.8 Å². The number of halogens is 1. The number of nitrogens with one attached hydrogen (secondary N) is 1. The minimum atomic E-state index is -0.907. The molecule has 0 spiro atoms. The Bertz CT molecular complexity index is 408. The van der Waals surface area contributed by atoms with Crippen LogP contribution >= 0.6 is 0 Å². The molecule has 108 valence electrons. The zero-order valence-electron chi connectivity index (χ0n) is 12.5. The van der Waals surface area contributed by atoms with E-state index < -0.39 is 6.17 Å². The summed E-state index contributed by atoms with van der Waals surface area (Å²) in [6, 6.07) is 0. The van der Waals surface area contributed by atoms with Crippen molar-refractivity contribution in [2.75, 3.05) is 13.6 Å². The minimum absolute atomic E-state index is 0.00702. The highest BCUT2D eigenvalue weighted by atomic mass is 19.1. The maximum absolute atomic E-state index is 14.3. The largest absolute Gasteiger partial charge is 0.319 e. The number of hydrogen-bond acceptors (Lipinski definition) is 2. The zero-order chi connectivity index (χ0) is 14.0. The molecule has 1 aliphatic rings. The van der Waals surface area contributed by atoms with E-state index in [0.29, 0.717) is 5.92 Å². The molecule has 0 aliphatic heterocycles. The molecule has 1 aliphatic carbocycles. The van der Waals surface area contributed by atoms with E-state index in [0.717, 1.165) is 30.1 Å². The van der Waals surface area contributed by atoms with E-state index in [1.807, 2.05) is 34.1 Å². The average molecular weight is 267 g/mol. The molecular weight excluding hydrogens is 241 g/mol. The molecule has 1 saturated carbocycles. The molecule has 4 heteroatoms. The van der Waals surface area contributed by atoms with Crippen LogP contribution in [0.2, 0.25) is 0 Å². The van der Waals surface area contributed by atoms with Gasteiger partial charge in [-0.3, -0.25) is 4.68 Å². The van der Waals surface area contributed by atoms with Crippen molar-refractivity contribution >= 4 is 0 Å². The van der Waals surface area contributed by atoms with Crippen molar-refractivity contribution in [3.05, 3.63) is 17.5 Å². The van der Waals surface area contributed by atoms with Gasteiger partial charge in [0, 0.05) is 7.05 Å². The summed E-state index contributed by atoms with van der Waals surface area (Å²) in [6.45, 7) is 4.95. The molecular formula is C15H26FN3. The van der Waals surface area contributed by atoms with Crippen molar-refractivity contribution in [2.24, 2.45) is 24.8 Å². The summed E-state index contributed by atoms with van der Waals surface area (Å²) in [6.07, 6.45) is 4.45. The highest BCUT2D eigenvalue weighted by Gasteiger charge is 2.31. The molecule has 0 aromatic carbocycles. The summed E-state index contributed by atoms with van der Waals surface area (Å²) >= 11 is 0. The van der Waals surface area contributed by atoms with Crippen molar-refractivity contribution in [1.29, 1.82) is 0 Å². The third kappa shape index (κ3) is 3.16. The Morgan fingerprint density at radius 1 is 1.42 bits per heavy atom. The Hall–Kier alpha value is -0.900. The smallest absolute Gasteiger partial charge is 0.144 e. The van der Waals surface area contributed by atoms with Gasteiger partial charge in [0.15, 0.2) is 0 Å². The highest BCUT2D eigenvalue weighted by Crippen LogP contribution is 2.38. The molecule has 1 aromatic heterocycles. The van der Waals surface area contributed by atoms with Crippen molar-refractivity contribution in [3.63, 3.8) is 0 Å². The molecule has 19 heavy (non-hydrogen) atoms. The predicted octanol–water partition coefficient (Wildman–Crippen LogP) is 2.87. The van der Waals surface area contributed by atoms with Crippen LogP contribution in [0.5, 0.6) is 0 Å². The summed E-state index contributed by atoms with van der Waals surface area (Å²) < 4.78 is 16.0. The van der Waals surface area contributed by atoms with Gasteiger partial charge in [0.1, 0.15) is 6.17 Å². The molecule has 0 bridgehead atoms. The SMILES string of the molecule is CNCC1CC(Cc2cnn(C)c2C(F)C(C)C)C1. The fraction of sp³-hybridized carbons (Fsp3) is 0.800. The van der Waals surface area contributed by atoms with Gasteiger partial charge < -0.3 is 5.32 Å². The second-order valence-electron chi connectivity index (χ2n) is 6.29. The van der Waals surface area contributed by atoms with Crippen LogP contribution < -0.4 is 5.32 Å². The molecule has 0 radical (unpaired) electrons. The number of rotatable bonds is 6. The van der Waals surface area contributed by atoms with Crippen LogP contribution in [0.4, 0.5) is 4.39 Å². The van der Waals surface area contributed by atoms with E-state index >= 15 is 0 Å². The molecule has 2 rings (SSSR count). The lowest BCUT2D eigenvalue weighted by atomic mass is 9.72. The Morgan fingerprint density at radius 3 is 2.68 bits per heavy atom. The molecule has 1 unspecified atom stereocenters. The molecule has 0 amide bonds. The summed E-state index contributed by atoms with van der Waals surface area (Å²) in [7, 11) is 3.85. The van der Waals surface area contributed by atoms with Crippen molar-refractivity contribution in [2.45, 2.75) is 39.3 Å². The first-order chi connectivity index (χ1) is 9.02. The van der Waals surface area contributed by atoms with E-state index in [-0.39, 0.29) is 5.92 Å². The lowest BCUT2D eigenvalue weighted by Crippen LogP contribution is -2.32. The maximum Gasteiger partial charge on any atom is 0.144 e. The van der Waals surface area contributed by atoms with Crippen LogP contribution in [-0.4, -0.2) is 23.4 Å². The van der Waals surface area contributed by atoms with Gasteiger partial charge in [-0.05, 0) is 56.2 Å². The number of aromatic nitrogens is 2. The Labute approximate surface area is 115 Å². The molecule has 1 heterocycles. The van der Waals surface area contributed by atoms with Crippen LogP contribution in [0.15, 0.2) is 6.20 Å². The number of aryl methyl sites for hydroxylation is 1. The lowest BCUT2D eigenvalue weighted by molar-refractivity contribution is 0.188. The first-order valence-electron chi connectivity index (χ1n) is 7.32. The van der Waals surface area contributed by atoms with Gasteiger partial charge in [0.05, 0.1) is 11.9 Å². The Kier molecular flexibility index (Phi) is 4.61. The second-order valence-corrected chi connectivity index (χ2v) is 6.29. The minimum Gasteiger partial charge on any atom is -0.319 e. The van der Waals surface area contributed by atoms with Crippen molar-refractivity contribution < 1.29 is 4.39 Å². The van der Waals surface area contributed by atoms with Gasteiger partial charge in [-0.25, -0.2) is 4.39 Å². The molecule has 1 atom stereocenters. The molecule has 0 saturated heterocycles. The summed E-state index contributed by atoms with van der Waals surface area (Å²) in [4.78, 5) is 0. The highest BCUT2D eigenvalue weighted by molar-refractivity contribution is 5.22. The maximum atomic E-state index is 14.3. The Morgan fingerprint density at radius 2 is 2.11 bits per heavy atom. The van der Waals surface area contributed by atoms with Crippen LogP contribution in [0, 0.1) is 17.8 Å². The predicted molar refractivity (Wildman–Crippen MR) is 75.7 cm³/mol. The number of alkyl halides is 1. The molecule has 1 fully saturated rings. The van der Waals surface area contributed by atoms with E-state index in [1.54, 1.807) is 4.68 Å². The molecule has 3 nitrogen and oxygen atoms in total. The summed E-state index contributed by atoms with van der Waals surface area (Å²) in [5.74, 6) is 1.52. The topological polar surface area (TPSA) is 29.9 Å². The van der Waals surface area contributed by atoms with Gasteiger partial charge in [-0.1, -0.05) is 13.8 Å². The third-order valence-electron chi connectivity index (χ3n) is 4.25. The molecule has 1 N–H and O–H groups in total. The summed E-state index contributed by atoms with van der Waals surface area (Å²) in [5, 5.41) is 7.48. The fourth-order valence-corrected chi connectivity index (χ4v) is 3.13. The second kappa shape index (κ2) is 6.04. The van der Waals surface area contributed by atoms with Crippen LogP contribution in [0.25, 0.3) is 0 Å². The van der Waals surface area contributed by atoms with Gasteiger partial charge >= 0.3 is 0 Å². The van der Waals surface area contributed by atoms with Crippen molar-refractivity contribution in [1.82, 2.24) is 15.1 Å². The number of hydrogen-bond donors (Lipinski definition) is 1. The van der Waals surface area contributed by atoms with E-state index in [4.69, 9.17) is 0 Å². The van der Waals surface area contributed by atoms with Gasteiger partial charge in [-0.15, -0.1) is 0 Å². The molecule has 1 aromatic rings.